The van der Waals surface area contributed by atoms with Crippen LogP contribution in [0.2, 0.25) is 0 Å². The molecule has 0 aromatic carbocycles. The van der Waals surface area contributed by atoms with Gasteiger partial charge in [0.2, 0.25) is 0 Å². The van der Waals surface area contributed by atoms with Gasteiger partial charge in [0.1, 0.15) is 5.54 Å². The fourth-order valence-corrected chi connectivity index (χ4v) is 1.67. The third-order valence-corrected chi connectivity index (χ3v) is 2.85. The zero-order chi connectivity index (χ0) is 12.2. The summed E-state index contributed by atoms with van der Waals surface area (Å²) in [6, 6.07) is -0.269. The Balaban J connectivity index is 2.53. The summed E-state index contributed by atoms with van der Waals surface area (Å²) in [5.74, 6) is -1.02. The van der Waals surface area contributed by atoms with Crippen molar-refractivity contribution in [3.05, 3.63) is 0 Å². The largest absolute Gasteiger partial charge is 0.480 e. The topological polar surface area (TPSA) is 69.6 Å². The van der Waals surface area contributed by atoms with Gasteiger partial charge in [-0.3, -0.25) is 0 Å². The van der Waals surface area contributed by atoms with E-state index in [1.54, 1.807) is 4.90 Å². The van der Waals surface area contributed by atoms with Crippen molar-refractivity contribution in [3.8, 4) is 0 Å². The van der Waals surface area contributed by atoms with Gasteiger partial charge in [0.05, 0.1) is 0 Å². The maximum Gasteiger partial charge on any atom is 0.328 e. The van der Waals surface area contributed by atoms with Gasteiger partial charge >= 0.3 is 12.0 Å². The molecule has 0 unspecified atom stereocenters. The van der Waals surface area contributed by atoms with E-state index in [2.05, 4.69) is 5.32 Å². The standard InChI is InChI=1S/C11H20N2O3/c1-11(2,9(14)15)12-10(16)13-7-5-3-4-6-8-13/h3-8H2,1-2H3,(H,12,16)(H,14,15). The number of carboxylic acids is 1. The molecule has 0 bridgehead atoms. The molecule has 1 saturated heterocycles. The first-order chi connectivity index (χ1) is 7.43. The molecule has 0 saturated carbocycles. The van der Waals surface area contributed by atoms with E-state index < -0.39 is 11.5 Å². The number of carbonyl (C=O) groups is 2. The van der Waals surface area contributed by atoms with Crippen LogP contribution in [0.5, 0.6) is 0 Å². The molecular formula is C11H20N2O3. The summed E-state index contributed by atoms with van der Waals surface area (Å²) in [4.78, 5) is 24.4. The van der Waals surface area contributed by atoms with Gasteiger partial charge in [0.25, 0.3) is 0 Å². The van der Waals surface area contributed by atoms with Crippen LogP contribution in [0, 0.1) is 0 Å². The molecule has 1 aliphatic heterocycles. The summed E-state index contributed by atoms with van der Waals surface area (Å²) in [5.41, 5.74) is -1.20. The first kappa shape index (κ1) is 12.8. The molecule has 0 aromatic rings. The Kier molecular flexibility index (Phi) is 4.15. The second kappa shape index (κ2) is 5.18. The van der Waals surface area contributed by atoms with E-state index in [1.165, 1.54) is 13.8 Å². The molecule has 92 valence electrons. The first-order valence-electron chi connectivity index (χ1n) is 5.74. The van der Waals surface area contributed by atoms with Crippen molar-refractivity contribution in [2.24, 2.45) is 0 Å². The van der Waals surface area contributed by atoms with E-state index in [0.717, 1.165) is 38.8 Å². The number of aliphatic carboxylic acids is 1. The lowest BCUT2D eigenvalue weighted by atomic mass is 10.1. The zero-order valence-corrected chi connectivity index (χ0v) is 9.95. The SMILES string of the molecule is CC(C)(NC(=O)N1CCCCCC1)C(=O)O. The highest BCUT2D eigenvalue weighted by molar-refractivity contribution is 5.85. The second-order valence-electron chi connectivity index (χ2n) is 4.76. The molecule has 0 spiro atoms. The molecule has 0 atom stereocenters. The minimum atomic E-state index is -1.20. The van der Waals surface area contributed by atoms with Crippen molar-refractivity contribution in [1.82, 2.24) is 10.2 Å². The summed E-state index contributed by atoms with van der Waals surface area (Å²) in [6.07, 6.45) is 4.29. The van der Waals surface area contributed by atoms with Crippen LogP contribution >= 0.6 is 0 Å². The lowest BCUT2D eigenvalue weighted by Gasteiger charge is -2.27. The van der Waals surface area contributed by atoms with Gasteiger partial charge < -0.3 is 15.3 Å². The van der Waals surface area contributed by atoms with Crippen LogP contribution in [0.15, 0.2) is 0 Å². The van der Waals surface area contributed by atoms with E-state index in [9.17, 15) is 9.59 Å². The predicted molar refractivity (Wildman–Crippen MR) is 60.3 cm³/mol. The van der Waals surface area contributed by atoms with Crippen LogP contribution in [0.3, 0.4) is 0 Å². The molecule has 5 nitrogen and oxygen atoms in total. The number of carbonyl (C=O) groups excluding carboxylic acids is 1. The molecule has 1 heterocycles. The van der Waals surface area contributed by atoms with Gasteiger partial charge in [0, 0.05) is 13.1 Å². The number of rotatable bonds is 2. The number of urea groups is 1. The van der Waals surface area contributed by atoms with E-state index in [0.29, 0.717) is 0 Å². The molecule has 5 heteroatoms. The lowest BCUT2D eigenvalue weighted by Crippen LogP contribution is -2.54. The van der Waals surface area contributed by atoms with E-state index in [4.69, 9.17) is 5.11 Å². The van der Waals surface area contributed by atoms with Gasteiger partial charge in [0.15, 0.2) is 0 Å². The highest BCUT2D eigenvalue weighted by Gasteiger charge is 2.30. The van der Waals surface area contributed by atoms with Crippen LogP contribution in [0.1, 0.15) is 39.5 Å². The maximum absolute atomic E-state index is 11.8. The summed E-state index contributed by atoms with van der Waals surface area (Å²) < 4.78 is 0. The van der Waals surface area contributed by atoms with E-state index >= 15 is 0 Å². The Labute approximate surface area is 95.8 Å². The Morgan fingerprint density at radius 3 is 2.06 bits per heavy atom. The van der Waals surface area contributed by atoms with Gasteiger partial charge in [-0.05, 0) is 26.7 Å². The molecule has 1 rings (SSSR count). The van der Waals surface area contributed by atoms with E-state index in [-0.39, 0.29) is 6.03 Å². The Bertz CT molecular complexity index is 268. The van der Waals surface area contributed by atoms with Crippen molar-refractivity contribution >= 4 is 12.0 Å². The second-order valence-corrected chi connectivity index (χ2v) is 4.76. The van der Waals surface area contributed by atoms with Crippen molar-refractivity contribution in [2.45, 2.75) is 45.1 Å². The first-order valence-corrected chi connectivity index (χ1v) is 5.74. The molecule has 1 fully saturated rings. The Hall–Kier alpha value is -1.26. The fraction of sp³-hybridized carbons (Fsp3) is 0.818. The summed E-state index contributed by atoms with van der Waals surface area (Å²) in [6.45, 7) is 4.43. The molecule has 16 heavy (non-hydrogen) atoms. The molecule has 0 radical (unpaired) electrons. The molecular weight excluding hydrogens is 208 g/mol. The van der Waals surface area contributed by atoms with Crippen LogP contribution in [0.4, 0.5) is 4.79 Å². The lowest BCUT2D eigenvalue weighted by molar-refractivity contribution is -0.143. The quantitative estimate of drug-likeness (QED) is 0.751. The predicted octanol–water partition coefficient (Wildman–Crippen LogP) is 1.44. The van der Waals surface area contributed by atoms with Gasteiger partial charge in [-0.2, -0.15) is 0 Å². The van der Waals surface area contributed by atoms with Crippen molar-refractivity contribution in [2.75, 3.05) is 13.1 Å². The molecule has 0 aromatic heterocycles. The number of hydrogen-bond acceptors (Lipinski definition) is 2. The monoisotopic (exact) mass is 228 g/mol. The van der Waals surface area contributed by atoms with Gasteiger partial charge in [-0.25, -0.2) is 9.59 Å². The number of likely N-dealkylation sites (tertiary alicyclic amines) is 1. The Morgan fingerprint density at radius 1 is 1.12 bits per heavy atom. The maximum atomic E-state index is 11.8. The number of amides is 2. The molecule has 0 aliphatic carbocycles. The summed E-state index contributed by atoms with van der Waals surface area (Å²) in [7, 11) is 0. The zero-order valence-electron chi connectivity index (χ0n) is 9.95. The highest BCUT2D eigenvalue weighted by atomic mass is 16.4. The average Bonchev–Trinajstić information content (AvgIpc) is 2.44. The highest BCUT2D eigenvalue weighted by Crippen LogP contribution is 2.11. The fourth-order valence-electron chi connectivity index (χ4n) is 1.67. The van der Waals surface area contributed by atoms with Crippen LogP contribution in [0.25, 0.3) is 0 Å². The third-order valence-electron chi connectivity index (χ3n) is 2.85. The molecule has 2 N–H and O–H groups in total. The van der Waals surface area contributed by atoms with Crippen molar-refractivity contribution in [1.29, 1.82) is 0 Å². The van der Waals surface area contributed by atoms with Gasteiger partial charge in [-0.15, -0.1) is 0 Å². The number of hydrogen-bond donors (Lipinski definition) is 2. The smallest absolute Gasteiger partial charge is 0.328 e. The van der Waals surface area contributed by atoms with Crippen molar-refractivity contribution < 1.29 is 14.7 Å². The normalized spacial score (nSPS) is 17.8. The van der Waals surface area contributed by atoms with Crippen molar-refractivity contribution in [3.63, 3.8) is 0 Å². The van der Waals surface area contributed by atoms with Gasteiger partial charge in [-0.1, -0.05) is 12.8 Å². The van der Waals surface area contributed by atoms with E-state index in [1.807, 2.05) is 0 Å². The molecule has 1 aliphatic rings. The third kappa shape index (κ3) is 3.40. The number of nitrogens with one attached hydrogen (secondary N) is 1. The Morgan fingerprint density at radius 2 is 1.62 bits per heavy atom. The van der Waals surface area contributed by atoms with Crippen LogP contribution < -0.4 is 5.32 Å². The van der Waals surface area contributed by atoms with Crippen LogP contribution in [-0.2, 0) is 4.79 Å². The molecule has 2 amide bonds. The summed E-state index contributed by atoms with van der Waals surface area (Å²) >= 11 is 0. The minimum absolute atomic E-state index is 0.269. The number of nitrogens with zero attached hydrogens (tertiary/aromatic N) is 1. The minimum Gasteiger partial charge on any atom is -0.480 e. The number of carboxylic acid groups (broad SMARTS) is 1. The summed E-state index contributed by atoms with van der Waals surface area (Å²) in [5, 5.41) is 11.5. The average molecular weight is 228 g/mol. The van der Waals surface area contributed by atoms with Crippen LogP contribution in [-0.4, -0.2) is 40.6 Å².